The van der Waals surface area contributed by atoms with Gasteiger partial charge < -0.3 is 5.32 Å². The summed E-state index contributed by atoms with van der Waals surface area (Å²) >= 11 is 0. The van der Waals surface area contributed by atoms with Crippen LogP contribution in [-0.4, -0.2) is 41.6 Å². The van der Waals surface area contributed by atoms with Crippen LogP contribution in [0, 0.1) is 12.8 Å². The van der Waals surface area contributed by atoms with Gasteiger partial charge in [0.1, 0.15) is 0 Å². The van der Waals surface area contributed by atoms with Crippen LogP contribution in [-0.2, 0) is 0 Å². The predicted molar refractivity (Wildman–Crippen MR) is 109 cm³/mol. The van der Waals surface area contributed by atoms with E-state index in [4.69, 9.17) is 0 Å². The van der Waals surface area contributed by atoms with Gasteiger partial charge in [0, 0.05) is 24.5 Å². The quantitative estimate of drug-likeness (QED) is 0.744. The average molecular weight is 380 g/mol. The van der Waals surface area contributed by atoms with Crippen LogP contribution in [0.5, 0.6) is 0 Å². The van der Waals surface area contributed by atoms with Crippen LogP contribution in [0.15, 0.2) is 48.8 Å². The normalized spacial score (nSPS) is 23.6. The standard InChI is InChI=1S/C22H29N5O/c1-16-4-6-18(7-5-16)22(28)24-14-17-8-11-27(12-9-17)21-13-20(25-26-21)19-3-2-10-23-15-19/h2-7,10,15,17,20-21,25-26H,8-9,11-14H2,1H3,(H,24,28). The summed E-state index contributed by atoms with van der Waals surface area (Å²) in [6, 6.07) is 12.2. The Morgan fingerprint density at radius 1 is 1.18 bits per heavy atom. The van der Waals surface area contributed by atoms with E-state index in [0.717, 1.165) is 44.5 Å². The number of carbonyl (C=O) groups excluding carboxylic acids is 1. The van der Waals surface area contributed by atoms with Crippen molar-refractivity contribution in [1.29, 1.82) is 0 Å². The van der Waals surface area contributed by atoms with Crippen molar-refractivity contribution in [2.24, 2.45) is 5.92 Å². The number of hydrazine groups is 1. The molecular formula is C22H29N5O. The molecular weight excluding hydrogens is 350 g/mol. The number of aromatic nitrogens is 1. The molecule has 3 heterocycles. The van der Waals surface area contributed by atoms with Gasteiger partial charge in [-0.15, -0.1) is 0 Å². The molecule has 6 nitrogen and oxygen atoms in total. The Morgan fingerprint density at radius 2 is 1.96 bits per heavy atom. The molecule has 0 aliphatic carbocycles. The fourth-order valence-corrected chi connectivity index (χ4v) is 4.09. The van der Waals surface area contributed by atoms with Gasteiger partial charge >= 0.3 is 0 Å². The molecule has 1 amide bonds. The lowest BCUT2D eigenvalue weighted by Crippen LogP contribution is -2.49. The van der Waals surface area contributed by atoms with Crippen molar-refractivity contribution in [3.05, 3.63) is 65.5 Å². The van der Waals surface area contributed by atoms with E-state index in [1.165, 1.54) is 11.1 Å². The monoisotopic (exact) mass is 379 g/mol. The van der Waals surface area contributed by atoms with Gasteiger partial charge in [-0.3, -0.25) is 14.7 Å². The van der Waals surface area contributed by atoms with Crippen LogP contribution in [0.25, 0.3) is 0 Å². The Hall–Kier alpha value is -2.28. The number of rotatable bonds is 5. The minimum absolute atomic E-state index is 0.0309. The number of piperidine rings is 1. The van der Waals surface area contributed by atoms with Crippen molar-refractivity contribution in [3.63, 3.8) is 0 Å². The Kier molecular flexibility index (Phi) is 6.00. The fraction of sp³-hybridized carbons (Fsp3) is 0.455. The fourth-order valence-electron chi connectivity index (χ4n) is 4.09. The molecule has 2 aliphatic rings. The Morgan fingerprint density at radius 3 is 2.68 bits per heavy atom. The topological polar surface area (TPSA) is 69.3 Å². The molecule has 4 rings (SSSR count). The van der Waals surface area contributed by atoms with Crippen molar-refractivity contribution in [1.82, 2.24) is 26.1 Å². The number of carbonyl (C=O) groups is 1. The van der Waals surface area contributed by atoms with Crippen molar-refractivity contribution >= 4 is 5.91 Å². The number of benzene rings is 1. The SMILES string of the molecule is Cc1ccc(C(=O)NCC2CCN(C3CC(c4cccnc4)NN3)CC2)cc1. The molecule has 1 aromatic carbocycles. The molecule has 0 spiro atoms. The maximum Gasteiger partial charge on any atom is 0.251 e. The van der Waals surface area contributed by atoms with E-state index in [0.29, 0.717) is 18.1 Å². The lowest BCUT2D eigenvalue weighted by atomic mass is 9.95. The summed E-state index contributed by atoms with van der Waals surface area (Å²) in [5.74, 6) is 0.581. The molecule has 2 fully saturated rings. The number of likely N-dealkylation sites (tertiary alicyclic amines) is 1. The molecule has 0 bridgehead atoms. The first-order chi connectivity index (χ1) is 13.7. The zero-order valence-corrected chi connectivity index (χ0v) is 16.4. The lowest BCUT2D eigenvalue weighted by molar-refractivity contribution is 0.0914. The van der Waals surface area contributed by atoms with Gasteiger partial charge in [-0.25, -0.2) is 10.9 Å². The van der Waals surface area contributed by atoms with Gasteiger partial charge in [-0.2, -0.15) is 0 Å². The minimum atomic E-state index is 0.0309. The molecule has 0 saturated carbocycles. The largest absolute Gasteiger partial charge is 0.352 e. The smallest absolute Gasteiger partial charge is 0.251 e. The first-order valence-electron chi connectivity index (χ1n) is 10.2. The first-order valence-corrected chi connectivity index (χ1v) is 10.2. The van der Waals surface area contributed by atoms with Gasteiger partial charge in [-0.1, -0.05) is 23.8 Å². The number of hydrogen-bond acceptors (Lipinski definition) is 5. The molecule has 6 heteroatoms. The van der Waals surface area contributed by atoms with E-state index >= 15 is 0 Å². The molecule has 2 aromatic rings. The van der Waals surface area contributed by atoms with Gasteiger partial charge in [0.05, 0.1) is 12.2 Å². The molecule has 28 heavy (non-hydrogen) atoms. The molecule has 2 atom stereocenters. The number of nitrogens with zero attached hydrogens (tertiary/aromatic N) is 2. The number of hydrogen-bond donors (Lipinski definition) is 3. The second-order valence-electron chi connectivity index (χ2n) is 7.93. The summed E-state index contributed by atoms with van der Waals surface area (Å²) in [5.41, 5.74) is 9.99. The Labute approximate surface area is 166 Å². The number of pyridine rings is 1. The third-order valence-electron chi connectivity index (χ3n) is 5.92. The van der Waals surface area contributed by atoms with Gasteiger partial charge in [0.25, 0.3) is 5.91 Å². The van der Waals surface area contributed by atoms with Crippen LogP contribution in [0.1, 0.15) is 46.8 Å². The lowest BCUT2D eigenvalue weighted by Gasteiger charge is -2.35. The van der Waals surface area contributed by atoms with Gasteiger partial charge in [0.2, 0.25) is 0 Å². The van der Waals surface area contributed by atoms with Crippen molar-refractivity contribution in [2.45, 2.75) is 38.4 Å². The molecule has 148 valence electrons. The number of amides is 1. The minimum Gasteiger partial charge on any atom is -0.352 e. The molecule has 0 radical (unpaired) electrons. The molecule has 1 aromatic heterocycles. The highest BCUT2D eigenvalue weighted by atomic mass is 16.1. The Balaban J connectivity index is 1.21. The molecule has 2 aliphatic heterocycles. The highest BCUT2D eigenvalue weighted by molar-refractivity contribution is 5.94. The maximum absolute atomic E-state index is 12.3. The third kappa shape index (κ3) is 4.58. The summed E-state index contributed by atoms with van der Waals surface area (Å²) in [4.78, 5) is 19.0. The summed E-state index contributed by atoms with van der Waals surface area (Å²) in [6.45, 7) is 4.91. The number of nitrogens with one attached hydrogen (secondary N) is 3. The summed E-state index contributed by atoms with van der Waals surface area (Å²) in [7, 11) is 0. The van der Waals surface area contributed by atoms with Crippen LogP contribution in [0.3, 0.4) is 0 Å². The van der Waals surface area contributed by atoms with Gasteiger partial charge in [0.15, 0.2) is 0 Å². The van der Waals surface area contributed by atoms with E-state index in [9.17, 15) is 4.79 Å². The highest BCUT2D eigenvalue weighted by Gasteiger charge is 2.31. The van der Waals surface area contributed by atoms with Crippen LogP contribution >= 0.6 is 0 Å². The van der Waals surface area contributed by atoms with E-state index < -0.39 is 0 Å². The molecule has 3 N–H and O–H groups in total. The van der Waals surface area contributed by atoms with E-state index in [2.05, 4.69) is 32.1 Å². The maximum atomic E-state index is 12.3. The van der Waals surface area contributed by atoms with Crippen molar-refractivity contribution in [3.8, 4) is 0 Å². The highest BCUT2D eigenvalue weighted by Crippen LogP contribution is 2.26. The third-order valence-corrected chi connectivity index (χ3v) is 5.92. The molecule has 2 unspecified atom stereocenters. The van der Waals surface area contributed by atoms with E-state index in [-0.39, 0.29) is 5.91 Å². The number of aryl methyl sites for hydroxylation is 1. The van der Waals surface area contributed by atoms with Gasteiger partial charge in [-0.05, 0) is 69.0 Å². The summed E-state index contributed by atoms with van der Waals surface area (Å²) in [5, 5.41) is 3.11. The van der Waals surface area contributed by atoms with Crippen LogP contribution in [0.4, 0.5) is 0 Å². The summed E-state index contributed by atoms with van der Waals surface area (Å²) < 4.78 is 0. The first kappa shape index (κ1) is 19.1. The second kappa shape index (κ2) is 8.82. The molecule has 2 saturated heterocycles. The average Bonchev–Trinajstić information content (AvgIpc) is 3.24. The van der Waals surface area contributed by atoms with E-state index in [1.54, 1.807) is 0 Å². The predicted octanol–water partition coefficient (Wildman–Crippen LogP) is 2.40. The van der Waals surface area contributed by atoms with Crippen molar-refractivity contribution < 1.29 is 4.79 Å². The van der Waals surface area contributed by atoms with Crippen LogP contribution in [0.2, 0.25) is 0 Å². The van der Waals surface area contributed by atoms with Crippen LogP contribution < -0.4 is 16.2 Å². The zero-order valence-electron chi connectivity index (χ0n) is 16.4. The Bertz CT molecular complexity index is 771. The van der Waals surface area contributed by atoms with E-state index in [1.807, 2.05) is 49.6 Å². The zero-order chi connectivity index (χ0) is 19.3. The second-order valence-corrected chi connectivity index (χ2v) is 7.93. The van der Waals surface area contributed by atoms with Crippen molar-refractivity contribution in [2.75, 3.05) is 19.6 Å². The summed E-state index contributed by atoms with van der Waals surface area (Å²) in [6.07, 6.45) is 7.37.